The van der Waals surface area contributed by atoms with E-state index < -0.39 is 0 Å². The highest BCUT2D eigenvalue weighted by Gasteiger charge is 1.61. The summed E-state index contributed by atoms with van der Waals surface area (Å²) < 4.78 is 0. The first-order valence-corrected chi connectivity index (χ1v) is 2.56. The topological polar surface area (TPSA) is 0 Å². The van der Waals surface area contributed by atoms with Crippen molar-refractivity contribution >= 4 is 15.7 Å². The highest BCUT2D eigenvalue weighted by Crippen LogP contribution is 1.78. The van der Waals surface area contributed by atoms with Gasteiger partial charge in [0.1, 0.15) is 15.7 Å². The van der Waals surface area contributed by atoms with Gasteiger partial charge in [-0.3, -0.25) is 0 Å². The Bertz CT molecular complexity index is 34.8. The first-order valence-electron chi connectivity index (χ1n) is 2.56. The van der Waals surface area contributed by atoms with Gasteiger partial charge in [0.05, 0.1) is 0 Å². The molecule has 0 aromatic carbocycles. The van der Waals surface area contributed by atoms with Crippen molar-refractivity contribution in [2.24, 2.45) is 0 Å². The minimum absolute atomic E-state index is 1.17. The molecule has 0 radical (unpaired) electrons. The van der Waals surface area contributed by atoms with Gasteiger partial charge in [-0.15, -0.1) is 0 Å². The number of hydrogen-bond acceptors (Lipinski definition) is 0. The zero-order valence-electron chi connectivity index (χ0n) is 4.57. The van der Waals surface area contributed by atoms with Crippen molar-refractivity contribution in [2.45, 2.75) is 12.6 Å². The molecule has 0 nitrogen and oxygen atoms in total. The molecule has 0 aliphatic heterocycles. The molecule has 0 amide bonds. The SMILES string of the molecule is BC/C=C/CB. The maximum atomic E-state index is 2.18. The second kappa shape index (κ2) is 4.87. The van der Waals surface area contributed by atoms with Crippen LogP contribution in [0.5, 0.6) is 0 Å². The monoisotopic (exact) mass is 80.1 g/mol. The molecule has 2 heteroatoms. The predicted octanol–water partition coefficient (Wildman–Crippen LogP) is -0.355. The highest BCUT2D eigenvalue weighted by atomic mass is 13.6. The smallest absolute Gasteiger partial charge is 0.0971 e. The Morgan fingerprint density at radius 2 is 1.33 bits per heavy atom. The van der Waals surface area contributed by atoms with Gasteiger partial charge in [-0.05, 0) is 0 Å². The van der Waals surface area contributed by atoms with Crippen molar-refractivity contribution in [3.05, 3.63) is 12.2 Å². The summed E-state index contributed by atoms with van der Waals surface area (Å²) >= 11 is 0. The van der Waals surface area contributed by atoms with Crippen LogP contribution in [0.3, 0.4) is 0 Å². The van der Waals surface area contributed by atoms with Crippen molar-refractivity contribution in [1.82, 2.24) is 0 Å². The summed E-state index contributed by atoms with van der Waals surface area (Å²) in [6.45, 7) is 0. The Hall–Kier alpha value is -0.130. The molecule has 0 bridgehead atoms. The number of rotatable bonds is 2. The molecule has 0 saturated carbocycles. The molecule has 0 atom stereocenters. The molecule has 0 N–H and O–H groups in total. The molecular formula is C4H10B2. The van der Waals surface area contributed by atoms with Crippen LogP contribution in [0.15, 0.2) is 12.2 Å². The summed E-state index contributed by atoms with van der Waals surface area (Å²) in [5, 5.41) is 0. The van der Waals surface area contributed by atoms with E-state index in [1.807, 2.05) is 0 Å². The average Bonchev–Trinajstić information content (AvgIpc) is 1.61. The molecule has 0 heterocycles. The van der Waals surface area contributed by atoms with Crippen LogP contribution in [-0.2, 0) is 0 Å². The van der Waals surface area contributed by atoms with E-state index in [0.29, 0.717) is 0 Å². The fourth-order valence-electron chi connectivity index (χ4n) is 0.333. The molecule has 0 aromatic heterocycles. The standard InChI is InChI=1S/C4H10B2/c5-3-1-2-4-6/h1-2H,3-6H2/b2-1+. The van der Waals surface area contributed by atoms with Gasteiger partial charge in [-0.2, -0.15) is 0 Å². The van der Waals surface area contributed by atoms with Gasteiger partial charge in [-0.1, -0.05) is 24.8 Å². The maximum absolute atomic E-state index is 2.18. The van der Waals surface area contributed by atoms with Crippen molar-refractivity contribution in [1.29, 1.82) is 0 Å². The van der Waals surface area contributed by atoms with Crippen molar-refractivity contribution < 1.29 is 0 Å². The van der Waals surface area contributed by atoms with Crippen molar-refractivity contribution in [2.75, 3.05) is 0 Å². The fourth-order valence-corrected chi connectivity index (χ4v) is 0.333. The van der Waals surface area contributed by atoms with Gasteiger partial charge < -0.3 is 0 Å². The van der Waals surface area contributed by atoms with Gasteiger partial charge in [-0.25, -0.2) is 0 Å². The lowest BCUT2D eigenvalue weighted by Crippen LogP contribution is -1.58. The van der Waals surface area contributed by atoms with E-state index in [-0.39, 0.29) is 0 Å². The second-order valence-electron chi connectivity index (χ2n) is 1.29. The Morgan fingerprint density at radius 1 is 1.00 bits per heavy atom. The largest absolute Gasteiger partial charge is 0.106 e. The van der Waals surface area contributed by atoms with Crippen LogP contribution in [-0.4, -0.2) is 15.7 Å². The molecule has 0 spiro atoms. The van der Waals surface area contributed by atoms with E-state index in [2.05, 4.69) is 27.8 Å². The Balaban J connectivity index is 2.73. The number of hydrogen-bond donors (Lipinski definition) is 0. The summed E-state index contributed by atoms with van der Waals surface area (Å²) in [7, 11) is 4.29. The first-order chi connectivity index (χ1) is 2.91. The molecule has 0 unspecified atom stereocenters. The van der Waals surface area contributed by atoms with E-state index in [1.165, 1.54) is 12.6 Å². The molecule has 0 rings (SSSR count). The van der Waals surface area contributed by atoms with E-state index in [0.717, 1.165) is 0 Å². The average molecular weight is 79.7 g/mol. The third kappa shape index (κ3) is 3.87. The Kier molecular flexibility index (Phi) is 4.76. The molecule has 0 aromatic rings. The predicted molar refractivity (Wildman–Crippen MR) is 35.8 cm³/mol. The van der Waals surface area contributed by atoms with Crippen LogP contribution >= 0.6 is 0 Å². The summed E-state index contributed by atoms with van der Waals surface area (Å²) in [5.41, 5.74) is 0. The summed E-state index contributed by atoms with van der Waals surface area (Å²) in [4.78, 5) is 0. The van der Waals surface area contributed by atoms with Crippen LogP contribution in [0.25, 0.3) is 0 Å². The lowest BCUT2D eigenvalue weighted by atomic mass is 10.0. The van der Waals surface area contributed by atoms with Crippen LogP contribution in [0.2, 0.25) is 12.6 Å². The second-order valence-corrected chi connectivity index (χ2v) is 1.29. The molecule has 0 aliphatic carbocycles. The lowest BCUT2D eigenvalue weighted by Gasteiger charge is -1.71. The molecule has 0 fully saturated rings. The van der Waals surface area contributed by atoms with Crippen LogP contribution in [0.1, 0.15) is 0 Å². The highest BCUT2D eigenvalue weighted by molar-refractivity contribution is 6.10. The molecule has 0 aliphatic rings. The van der Waals surface area contributed by atoms with Gasteiger partial charge in [0.25, 0.3) is 0 Å². The molecule has 32 valence electrons. The third-order valence-electron chi connectivity index (χ3n) is 0.638. The minimum atomic E-state index is 1.17. The quantitative estimate of drug-likeness (QED) is 0.314. The molecular weight excluding hydrogens is 69.7 g/mol. The summed E-state index contributed by atoms with van der Waals surface area (Å²) in [5.74, 6) is 0. The zero-order chi connectivity index (χ0) is 4.83. The third-order valence-corrected chi connectivity index (χ3v) is 0.638. The lowest BCUT2D eigenvalue weighted by molar-refractivity contribution is 1.61. The Labute approximate surface area is 41.4 Å². The van der Waals surface area contributed by atoms with Crippen LogP contribution in [0.4, 0.5) is 0 Å². The van der Waals surface area contributed by atoms with Crippen LogP contribution < -0.4 is 0 Å². The van der Waals surface area contributed by atoms with Gasteiger partial charge in [0, 0.05) is 0 Å². The van der Waals surface area contributed by atoms with Crippen LogP contribution in [0, 0.1) is 0 Å². The van der Waals surface area contributed by atoms with Crippen molar-refractivity contribution in [3.8, 4) is 0 Å². The minimum Gasteiger partial charge on any atom is -0.0971 e. The van der Waals surface area contributed by atoms with Crippen molar-refractivity contribution in [3.63, 3.8) is 0 Å². The fraction of sp³-hybridized carbons (Fsp3) is 0.500. The van der Waals surface area contributed by atoms with Gasteiger partial charge in [0.2, 0.25) is 0 Å². The van der Waals surface area contributed by atoms with E-state index in [1.54, 1.807) is 0 Å². The number of allylic oxidation sites excluding steroid dienone is 2. The van der Waals surface area contributed by atoms with Gasteiger partial charge >= 0.3 is 0 Å². The van der Waals surface area contributed by atoms with E-state index in [9.17, 15) is 0 Å². The van der Waals surface area contributed by atoms with E-state index in [4.69, 9.17) is 0 Å². The Morgan fingerprint density at radius 3 is 1.50 bits per heavy atom. The normalized spacial score (nSPS) is 10.0. The zero-order valence-corrected chi connectivity index (χ0v) is 4.57. The first kappa shape index (κ1) is 5.87. The molecule has 0 saturated heterocycles. The summed E-state index contributed by atoms with van der Waals surface area (Å²) in [6, 6.07) is 0. The van der Waals surface area contributed by atoms with Gasteiger partial charge in [0.15, 0.2) is 0 Å². The molecule has 6 heavy (non-hydrogen) atoms. The maximum Gasteiger partial charge on any atom is 0.106 e. The summed E-state index contributed by atoms with van der Waals surface area (Å²) in [6.07, 6.45) is 6.71. The van der Waals surface area contributed by atoms with E-state index >= 15 is 0 Å².